The SMILES string of the molecule is CC(C)(C)c1[c][nH]c2cccc(C(C)(C)C)c12. The first kappa shape index (κ1) is 12.2. The molecule has 1 aromatic heterocycles. The predicted octanol–water partition coefficient (Wildman–Crippen LogP) is 4.56. The number of rotatable bonds is 0. The first-order valence-corrected chi connectivity index (χ1v) is 6.24. The molecule has 1 N–H and O–H groups in total. The number of fused-ring (bicyclic) bond motifs is 1. The Kier molecular flexibility index (Phi) is 2.61. The van der Waals surface area contributed by atoms with Gasteiger partial charge in [-0.15, -0.1) is 0 Å². The molecule has 1 heterocycles. The first-order valence-electron chi connectivity index (χ1n) is 6.24. The van der Waals surface area contributed by atoms with Crippen molar-refractivity contribution in [1.29, 1.82) is 0 Å². The molecule has 91 valence electrons. The average Bonchev–Trinajstić information content (AvgIpc) is 2.57. The van der Waals surface area contributed by atoms with E-state index >= 15 is 0 Å². The number of aromatic amines is 1. The van der Waals surface area contributed by atoms with Gasteiger partial charge < -0.3 is 4.98 Å². The second kappa shape index (κ2) is 3.63. The van der Waals surface area contributed by atoms with E-state index in [0.717, 1.165) is 0 Å². The molecule has 1 heteroatoms. The largest absolute Gasteiger partial charge is 0.353 e. The Labute approximate surface area is 104 Å². The summed E-state index contributed by atoms with van der Waals surface area (Å²) in [6.45, 7) is 13.5. The Hall–Kier alpha value is -1.24. The van der Waals surface area contributed by atoms with E-state index in [4.69, 9.17) is 0 Å². The van der Waals surface area contributed by atoms with Crippen LogP contribution in [0.15, 0.2) is 18.2 Å². The molecule has 0 fully saturated rings. The Balaban J connectivity index is 2.82. The minimum Gasteiger partial charge on any atom is -0.353 e. The summed E-state index contributed by atoms with van der Waals surface area (Å²) in [5, 5.41) is 1.35. The second-order valence-corrected chi connectivity index (χ2v) is 6.85. The number of benzene rings is 1. The van der Waals surface area contributed by atoms with E-state index in [2.05, 4.69) is 70.9 Å². The van der Waals surface area contributed by atoms with E-state index in [0.29, 0.717) is 0 Å². The molecule has 0 aliphatic carbocycles. The fourth-order valence-electron chi connectivity index (χ4n) is 2.31. The van der Waals surface area contributed by atoms with Crippen LogP contribution in [0.4, 0.5) is 0 Å². The number of hydrogen-bond donors (Lipinski definition) is 1. The quantitative estimate of drug-likeness (QED) is 0.680. The highest BCUT2D eigenvalue weighted by molar-refractivity contribution is 5.88. The third-order valence-electron chi connectivity index (χ3n) is 3.19. The third-order valence-corrected chi connectivity index (χ3v) is 3.19. The van der Waals surface area contributed by atoms with Crippen LogP contribution in [0, 0.1) is 6.20 Å². The zero-order chi connectivity index (χ0) is 12.8. The number of nitrogens with one attached hydrogen (secondary N) is 1. The summed E-state index contributed by atoms with van der Waals surface area (Å²) in [6, 6.07) is 6.50. The molecule has 2 aromatic rings. The lowest BCUT2D eigenvalue weighted by Crippen LogP contribution is -2.15. The van der Waals surface area contributed by atoms with E-state index in [1.807, 2.05) is 0 Å². The van der Waals surface area contributed by atoms with Gasteiger partial charge in [-0.2, -0.15) is 0 Å². The Morgan fingerprint density at radius 3 is 2.12 bits per heavy atom. The zero-order valence-electron chi connectivity index (χ0n) is 11.7. The maximum Gasteiger partial charge on any atom is 0.0671 e. The topological polar surface area (TPSA) is 15.8 Å². The van der Waals surface area contributed by atoms with Crippen LogP contribution in [0.25, 0.3) is 10.9 Å². The minimum absolute atomic E-state index is 0.125. The summed E-state index contributed by atoms with van der Waals surface area (Å²) < 4.78 is 0. The van der Waals surface area contributed by atoms with Crippen LogP contribution in [0.5, 0.6) is 0 Å². The van der Waals surface area contributed by atoms with Gasteiger partial charge in [0.05, 0.1) is 6.20 Å². The van der Waals surface area contributed by atoms with E-state index in [1.165, 1.54) is 22.0 Å². The van der Waals surface area contributed by atoms with Gasteiger partial charge in [0, 0.05) is 10.9 Å². The van der Waals surface area contributed by atoms with Crippen LogP contribution in [-0.2, 0) is 10.8 Å². The maximum atomic E-state index is 3.34. The standard InChI is InChI=1S/C16H22N/c1-15(2,3)11-8-7-9-13-14(11)12(10-17-13)16(4,5)6/h7-9,17H,1-6H3. The van der Waals surface area contributed by atoms with Gasteiger partial charge in [0.1, 0.15) is 0 Å². The summed E-state index contributed by atoms with van der Waals surface area (Å²) in [4.78, 5) is 3.28. The second-order valence-electron chi connectivity index (χ2n) is 6.85. The van der Waals surface area contributed by atoms with Gasteiger partial charge in [-0.1, -0.05) is 53.7 Å². The van der Waals surface area contributed by atoms with Crippen molar-refractivity contribution in [2.24, 2.45) is 0 Å². The van der Waals surface area contributed by atoms with E-state index in [-0.39, 0.29) is 10.8 Å². The van der Waals surface area contributed by atoms with Crippen LogP contribution >= 0.6 is 0 Å². The van der Waals surface area contributed by atoms with Crippen LogP contribution in [0.1, 0.15) is 52.7 Å². The molecule has 0 atom stereocenters. The molecular weight excluding hydrogens is 206 g/mol. The van der Waals surface area contributed by atoms with E-state index < -0.39 is 0 Å². The zero-order valence-corrected chi connectivity index (χ0v) is 11.7. The lowest BCUT2D eigenvalue weighted by molar-refractivity contribution is 0.581. The van der Waals surface area contributed by atoms with Gasteiger partial charge in [-0.05, 0) is 28.0 Å². The molecule has 0 aliphatic heterocycles. The summed E-state index contributed by atoms with van der Waals surface area (Å²) in [6.07, 6.45) is 3.34. The number of aromatic nitrogens is 1. The highest BCUT2D eigenvalue weighted by atomic mass is 14.7. The third kappa shape index (κ3) is 2.11. The van der Waals surface area contributed by atoms with Gasteiger partial charge in [-0.3, -0.25) is 0 Å². The molecule has 0 bridgehead atoms. The molecule has 0 amide bonds. The van der Waals surface area contributed by atoms with Crippen molar-refractivity contribution in [2.75, 3.05) is 0 Å². The summed E-state index contributed by atoms with van der Waals surface area (Å²) in [5.74, 6) is 0. The van der Waals surface area contributed by atoms with Crippen LogP contribution in [0.2, 0.25) is 0 Å². The van der Waals surface area contributed by atoms with Crippen LogP contribution in [-0.4, -0.2) is 4.98 Å². The molecule has 1 aromatic carbocycles. The normalized spacial score (nSPS) is 13.3. The van der Waals surface area contributed by atoms with Crippen molar-refractivity contribution in [2.45, 2.75) is 52.4 Å². The van der Waals surface area contributed by atoms with Crippen molar-refractivity contribution < 1.29 is 0 Å². The maximum absolute atomic E-state index is 3.34. The fraction of sp³-hybridized carbons (Fsp3) is 0.500. The lowest BCUT2D eigenvalue weighted by Gasteiger charge is -2.24. The number of H-pyrrole nitrogens is 1. The van der Waals surface area contributed by atoms with Crippen molar-refractivity contribution in [3.63, 3.8) is 0 Å². The molecular formula is C16H22N. The molecule has 0 unspecified atom stereocenters. The van der Waals surface area contributed by atoms with Crippen molar-refractivity contribution in [3.05, 3.63) is 35.5 Å². The molecule has 1 radical (unpaired) electrons. The fourth-order valence-corrected chi connectivity index (χ4v) is 2.31. The van der Waals surface area contributed by atoms with E-state index in [1.54, 1.807) is 0 Å². The molecule has 0 saturated heterocycles. The number of hydrogen-bond acceptors (Lipinski definition) is 0. The summed E-state index contributed by atoms with van der Waals surface area (Å²) in [7, 11) is 0. The Bertz CT molecular complexity index is 533. The Morgan fingerprint density at radius 1 is 0.941 bits per heavy atom. The highest BCUT2D eigenvalue weighted by Crippen LogP contribution is 2.36. The highest BCUT2D eigenvalue weighted by Gasteiger charge is 2.24. The minimum atomic E-state index is 0.125. The molecule has 1 nitrogen and oxygen atoms in total. The summed E-state index contributed by atoms with van der Waals surface area (Å²) >= 11 is 0. The van der Waals surface area contributed by atoms with E-state index in [9.17, 15) is 0 Å². The predicted molar refractivity (Wildman–Crippen MR) is 74.5 cm³/mol. The smallest absolute Gasteiger partial charge is 0.0671 e. The molecule has 0 saturated carbocycles. The van der Waals surface area contributed by atoms with Crippen LogP contribution in [0.3, 0.4) is 0 Å². The van der Waals surface area contributed by atoms with Gasteiger partial charge in [0.25, 0.3) is 0 Å². The molecule has 0 spiro atoms. The molecule has 2 rings (SSSR count). The summed E-state index contributed by atoms with van der Waals surface area (Å²) in [5.41, 5.74) is 4.17. The Morgan fingerprint density at radius 2 is 1.59 bits per heavy atom. The van der Waals surface area contributed by atoms with Crippen molar-refractivity contribution in [3.8, 4) is 0 Å². The lowest BCUT2D eigenvalue weighted by atomic mass is 9.79. The van der Waals surface area contributed by atoms with Crippen molar-refractivity contribution >= 4 is 10.9 Å². The average molecular weight is 228 g/mol. The van der Waals surface area contributed by atoms with Crippen LogP contribution < -0.4 is 0 Å². The van der Waals surface area contributed by atoms with Gasteiger partial charge in [0.15, 0.2) is 0 Å². The van der Waals surface area contributed by atoms with Gasteiger partial charge in [0.2, 0.25) is 0 Å². The van der Waals surface area contributed by atoms with Crippen molar-refractivity contribution in [1.82, 2.24) is 4.98 Å². The van der Waals surface area contributed by atoms with Gasteiger partial charge >= 0.3 is 0 Å². The first-order chi connectivity index (χ1) is 7.71. The molecule has 0 aliphatic rings. The monoisotopic (exact) mass is 228 g/mol. The van der Waals surface area contributed by atoms with Gasteiger partial charge in [-0.25, -0.2) is 0 Å². The molecule has 17 heavy (non-hydrogen) atoms.